The molecule has 0 saturated carbocycles. The molecule has 4 rings (SSSR count). The Kier molecular flexibility index (Phi) is 5.63. The summed E-state index contributed by atoms with van der Waals surface area (Å²) < 4.78 is 7.18. The summed E-state index contributed by atoms with van der Waals surface area (Å²) in [5.41, 5.74) is 2.28. The Labute approximate surface area is 161 Å². The Morgan fingerprint density at radius 2 is 2.22 bits per heavy atom. The molecular formula is C19H24N4O3S. The van der Waals surface area contributed by atoms with E-state index in [1.807, 2.05) is 12.1 Å². The van der Waals surface area contributed by atoms with Gasteiger partial charge in [0.15, 0.2) is 5.16 Å². The summed E-state index contributed by atoms with van der Waals surface area (Å²) in [4.78, 5) is 24.5. The largest absolute Gasteiger partial charge is 0.376 e. The van der Waals surface area contributed by atoms with Crippen molar-refractivity contribution in [3.63, 3.8) is 0 Å². The Hall–Kier alpha value is -2.06. The Bertz CT molecular complexity index is 857. The molecular weight excluding hydrogens is 364 g/mol. The first-order valence-corrected chi connectivity index (χ1v) is 10.5. The minimum atomic E-state index is -0.255. The van der Waals surface area contributed by atoms with Gasteiger partial charge < -0.3 is 10.1 Å². The van der Waals surface area contributed by atoms with E-state index in [4.69, 9.17) is 4.74 Å². The minimum Gasteiger partial charge on any atom is -0.376 e. The first-order valence-electron chi connectivity index (χ1n) is 9.47. The maximum absolute atomic E-state index is 12.5. The molecule has 1 fully saturated rings. The molecule has 0 radical (unpaired) electrons. The van der Waals surface area contributed by atoms with E-state index < -0.39 is 0 Å². The summed E-state index contributed by atoms with van der Waals surface area (Å²) in [7, 11) is 0. The second-order valence-corrected chi connectivity index (χ2v) is 8.00. The number of nitrogens with zero attached hydrogens (tertiary/aromatic N) is 2. The SMILES string of the molecule is O=C(CSc1n[nH]c(=O)n1C[C@@H]1CCCO1)N[C@@H]1CCCc2ccccc21. The molecule has 1 amide bonds. The number of carbonyl (C=O) groups is 1. The fraction of sp³-hybridized carbons (Fsp3) is 0.526. The standard InChI is InChI=1S/C19H24N4O3S/c24-17(20-16-9-3-6-13-5-1-2-8-15(13)16)12-27-19-22-21-18(25)23(19)11-14-7-4-10-26-14/h1-2,5,8,14,16H,3-4,6-7,9-12H2,(H,20,24)(H,21,25)/t14-,16+/m0/s1. The van der Waals surface area contributed by atoms with E-state index in [9.17, 15) is 9.59 Å². The fourth-order valence-corrected chi connectivity index (χ4v) is 4.60. The highest BCUT2D eigenvalue weighted by Gasteiger charge is 2.23. The van der Waals surface area contributed by atoms with E-state index in [0.29, 0.717) is 11.7 Å². The molecule has 1 aliphatic carbocycles. The van der Waals surface area contributed by atoms with Crippen molar-refractivity contribution in [2.45, 2.75) is 56.0 Å². The molecule has 144 valence electrons. The van der Waals surface area contributed by atoms with E-state index in [1.165, 1.54) is 22.9 Å². The Morgan fingerprint density at radius 1 is 1.33 bits per heavy atom. The van der Waals surface area contributed by atoms with Gasteiger partial charge in [0.25, 0.3) is 0 Å². The number of benzene rings is 1. The molecule has 7 nitrogen and oxygen atoms in total. The first kappa shape index (κ1) is 18.3. The molecule has 1 saturated heterocycles. The van der Waals surface area contributed by atoms with Crippen LogP contribution in [0.5, 0.6) is 0 Å². The maximum Gasteiger partial charge on any atom is 0.344 e. The van der Waals surface area contributed by atoms with Crippen LogP contribution in [0.25, 0.3) is 0 Å². The fourth-order valence-electron chi connectivity index (χ4n) is 3.84. The van der Waals surface area contributed by atoms with Gasteiger partial charge in [0.05, 0.1) is 24.4 Å². The van der Waals surface area contributed by atoms with Gasteiger partial charge in [-0.05, 0) is 43.2 Å². The van der Waals surface area contributed by atoms with Crippen LogP contribution in [0, 0.1) is 0 Å². The number of hydrogen-bond donors (Lipinski definition) is 2. The van der Waals surface area contributed by atoms with E-state index in [1.54, 1.807) is 4.57 Å². The van der Waals surface area contributed by atoms with E-state index in [2.05, 4.69) is 27.6 Å². The molecule has 1 aromatic carbocycles. The number of fused-ring (bicyclic) bond motifs is 1. The molecule has 0 bridgehead atoms. The second kappa shape index (κ2) is 8.31. The van der Waals surface area contributed by atoms with Gasteiger partial charge in [0, 0.05) is 6.61 Å². The minimum absolute atomic E-state index is 0.0409. The normalized spacial score (nSPS) is 21.8. The number of carbonyl (C=O) groups excluding carboxylic acids is 1. The van der Waals surface area contributed by atoms with Crippen LogP contribution in [0.1, 0.15) is 42.9 Å². The third kappa shape index (κ3) is 4.27. The zero-order valence-corrected chi connectivity index (χ0v) is 16.0. The summed E-state index contributed by atoms with van der Waals surface area (Å²) in [6, 6.07) is 8.36. The van der Waals surface area contributed by atoms with Gasteiger partial charge in [0.2, 0.25) is 5.91 Å². The van der Waals surface area contributed by atoms with E-state index in [-0.39, 0.29) is 29.5 Å². The molecule has 2 heterocycles. The van der Waals surface area contributed by atoms with Gasteiger partial charge >= 0.3 is 5.69 Å². The zero-order valence-electron chi connectivity index (χ0n) is 15.1. The average Bonchev–Trinajstić information content (AvgIpc) is 3.32. The molecule has 27 heavy (non-hydrogen) atoms. The van der Waals surface area contributed by atoms with Gasteiger partial charge in [-0.25, -0.2) is 9.89 Å². The highest BCUT2D eigenvalue weighted by molar-refractivity contribution is 7.99. The summed E-state index contributed by atoms with van der Waals surface area (Å²) in [6.45, 7) is 1.22. The van der Waals surface area contributed by atoms with Crippen LogP contribution in [0.3, 0.4) is 0 Å². The number of hydrogen-bond acceptors (Lipinski definition) is 5. The van der Waals surface area contributed by atoms with Crippen LogP contribution in [0.4, 0.5) is 0 Å². The number of ether oxygens (including phenoxy) is 1. The van der Waals surface area contributed by atoms with Crippen molar-refractivity contribution >= 4 is 17.7 Å². The number of H-pyrrole nitrogens is 1. The Morgan fingerprint density at radius 3 is 3.07 bits per heavy atom. The van der Waals surface area contributed by atoms with Crippen molar-refractivity contribution in [3.8, 4) is 0 Å². The van der Waals surface area contributed by atoms with E-state index in [0.717, 1.165) is 38.7 Å². The van der Waals surface area contributed by atoms with Gasteiger partial charge in [-0.3, -0.25) is 9.36 Å². The predicted octanol–water partition coefficient (Wildman–Crippen LogP) is 2.04. The number of thioether (sulfide) groups is 1. The van der Waals surface area contributed by atoms with Gasteiger partial charge in [-0.1, -0.05) is 36.0 Å². The second-order valence-electron chi connectivity index (χ2n) is 7.06. The molecule has 1 aromatic heterocycles. The average molecular weight is 388 g/mol. The first-order chi connectivity index (χ1) is 13.2. The topological polar surface area (TPSA) is 89.0 Å². The third-order valence-electron chi connectivity index (χ3n) is 5.17. The van der Waals surface area contributed by atoms with Crippen molar-refractivity contribution in [2.75, 3.05) is 12.4 Å². The smallest absolute Gasteiger partial charge is 0.344 e. The van der Waals surface area contributed by atoms with Crippen LogP contribution in [-0.2, 0) is 22.5 Å². The summed E-state index contributed by atoms with van der Waals surface area (Å²) in [5, 5.41) is 10.2. The summed E-state index contributed by atoms with van der Waals surface area (Å²) in [6.07, 6.45) is 5.12. The van der Waals surface area contributed by atoms with Crippen LogP contribution in [0.15, 0.2) is 34.2 Å². The molecule has 1 aliphatic heterocycles. The number of aromatic amines is 1. The van der Waals surface area contributed by atoms with Crippen molar-refractivity contribution in [2.24, 2.45) is 0 Å². The molecule has 2 atom stereocenters. The number of nitrogens with one attached hydrogen (secondary N) is 2. The molecule has 2 aromatic rings. The van der Waals surface area contributed by atoms with Crippen LogP contribution < -0.4 is 11.0 Å². The Balaban J connectivity index is 1.36. The third-order valence-corrected chi connectivity index (χ3v) is 6.15. The quantitative estimate of drug-likeness (QED) is 0.739. The van der Waals surface area contributed by atoms with Crippen molar-refractivity contribution in [1.29, 1.82) is 0 Å². The lowest BCUT2D eigenvalue weighted by Gasteiger charge is -2.26. The highest BCUT2D eigenvalue weighted by atomic mass is 32.2. The van der Waals surface area contributed by atoms with Crippen molar-refractivity contribution < 1.29 is 9.53 Å². The number of aromatic nitrogens is 3. The number of rotatable bonds is 6. The van der Waals surface area contributed by atoms with Crippen LogP contribution in [0.2, 0.25) is 0 Å². The lowest BCUT2D eigenvalue weighted by atomic mass is 9.88. The molecule has 2 aliphatic rings. The van der Waals surface area contributed by atoms with Crippen LogP contribution in [-0.4, -0.2) is 39.1 Å². The van der Waals surface area contributed by atoms with E-state index >= 15 is 0 Å². The van der Waals surface area contributed by atoms with Gasteiger partial charge in [-0.15, -0.1) is 5.10 Å². The molecule has 0 spiro atoms. The molecule has 0 unspecified atom stereocenters. The predicted molar refractivity (Wildman–Crippen MR) is 103 cm³/mol. The van der Waals surface area contributed by atoms with Crippen molar-refractivity contribution in [3.05, 3.63) is 45.9 Å². The monoisotopic (exact) mass is 388 g/mol. The summed E-state index contributed by atoms with van der Waals surface area (Å²) >= 11 is 1.28. The molecule has 8 heteroatoms. The maximum atomic E-state index is 12.5. The van der Waals surface area contributed by atoms with Gasteiger partial charge in [0.1, 0.15) is 0 Å². The number of aryl methyl sites for hydroxylation is 1. The lowest BCUT2D eigenvalue weighted by Crippen LogP contribution is -2.32. The lowest BCUT2D eigenvalue weighted by molar-refractivity contribution is -0.119. The molecule has 2 N–H and O–H groups in total. The highest BCUT2D eigenvalue weighted by Crippen LogP contribution is 2.29. The zero-order chi connectivity index (χ0) is 18.6. The van der Waals surface area contributed by atoms with Crippen LogP contribution >= 0.6 is 11.8 Å². The number of amides is 1. The van der Waals surface area contributed by atoms with Gasteiger partial charge in [-0.2, -0.15) is 0 Å². The van der Waals surface area contributed by atoms with Crippen molar-refractivity contribution in [1.82, 2.24) is 20.1 Å². The summed E-state index contributed by atoms with van der Waals surface area (Å²) in [5.74, 6) is 0.190.